The smallest absolute Gasteiger partial charge is 0.275 e. The van der Waals surface area contributed by atoms with Crippen LogP contribution in [0.2, 0.25) is 0 Å². The minimum atomic E-state index is -1.00. The molecule has 7 nitrogen and oxygen atoms in total. The van der Waals surface area contributed by atoms with Gasteiger partial charge in [-0.05, 0) is 31.3 Å². The lowest BCUT2D eigenvalue weighted by Gasteiger charge is -2.39. The zero-order valence-electron chi connectivity index (χ0n) is 12.6. The molecule has 1 saturated carbocycles. The molecule has 1 atom stereocenters. The first kappa shape index (κ1) is 15.4. The molecule has 0 unspecified atom stereocenters. The van der Waals surface area contributed by atoms with E-state index in [4.69, 9.17) is 4.74 Å². The molecule has 0 aromatic carbocycles. The number of nitrogens with zero attached hydrogens (tertiary/aromatic N) is 3. The second kappa shape index (κ2) is 6.29. The van der Waals surface area contributed by atoms with Gasteiger partial charge in [0.05, 0.1) is 13.2 Å². The average molecular weight is 324 g/mol. The Morgan fingerprint density at radius 1 is 1.45 bits per heavy atom. The van der Waals surface area contributed by atoms with Crippen molar-refractivity contribution in [1.82, 2.24) is 19.8 Å². The molecule has 8 heteroatoms. The number of rotatable bonds is 3. The number of hydrogen-bond acceptors (Lipinski definition) is 6. The number of nitrogens with one attached hydrogen (secondary N) is 1. The van der Waals surface area contributed by atoms with Crippen LogP contribution in [0, 0.1) is 0 Å². The van der Waals surface area contributed by atoms with Gasteiger partial charge in [-0.2, -0.15) is 0 Å². The van der Waals surface area contributed by atoms with Crippen LogP contribution in [0.4, 0.5) is 0 Å². The minimum absolute atomic E-state index is 0.131. The van der Waals surface area contributed by atoms with Crippen LogP contribution in [-0.2, 0) is 9.53 Å². The van der Waals surface area contributed by atoms with Crippen molar-refractivity contribution < 1.29 is 14.3 Å². The van der Waals surface area contributed by atoms with Crippen molar-refractivity contribution in [3.63, 3.8) is 0 Å². The molecule has 1 aliphatic carbocycles. The van der Waals surface area contributed by atoms with Crippen LogP contribution in [0.1, 0.15) is 43.1 Å². The van der Waals surface area contributed by atoms with Crippen molar-refractivity contribution in [2.75, 3.05) is 19.7 Å². The SMILES string of the molecule is C[C@]1(C(=O)NC2CCCC2)CN(C(=O)c2csnn2)CCO1. The fraction of sp³-hybridized carbons (Fsp3) is 0.714. The lowest BCUT2D eigenvalue weighted by atomic mass is 10.0. The topological polar surface area (TPSA) is 84.4 Å². The van der Waals surface area contributed by atoms with Crippen LogP contribution in [0.15, 0.2) is 5.38 Å². The van der Waals surface area contributed by atoms with Crippen LogP contribution in [0.3, 0.4) is 0 Å². The van der Waals surface area contributed by atoms with Gasteiger partial charge in [-0.1, -0.05) is 17.3 Å². The molecule has 1 aromatic rings. The number of amides is 2. The molecule has 0 radical (unpaired) electrons. The van der Waals surface area contributed by atoms with Crippen molar-refractivity contribution in [2.45, 2.75) is 44.2 Å². The summed E-state index contributed by atoms with van der Waals surface area (Å²) >= 11 is 1.14. The summed E-state index contributed by atoms with van der Waals surface area (Å²) in [5.74, 6) is -0.328. The molecule has 1 saturated heterocycles. The van der Waals surface area contributed by atoms with Gasteiger partial charge >= 0.3 is 0 Å². The third kappa shape index (κ3) is 3.12. The number of ether oxygens (including phenoxy) is 1. The number of hydrogen-bond donors (Lipinski definition) is 1. The summed E-state index contributed by atoms with van der Waals surface area (Å²) in [4.78, 5) is 26.5. The summed E-state index contributed by atoms with van der Waals surface area (Å²) in [7, 11) is 0. The zero-order valence-corrected chi connectivity index (χ0v) is 13.4. The lowest BCUT2D eigenvalue weighted by molar-refractivity contribution is -0.154. The highest BCUT2D eigenvalue weighted by atomic mass is 32.1. The van der Waals surface area contributed by atoms with Gasteiger partial charge in [0, 0.05) is 18.0 Å². The molecule has 3 rings (SSSR count). The van der Waals surface area contributed by atoms with E-state index in [1.807, 2.05) is 0 Å². The highest BCUT2D eigenvalue weighted by Gasteiger charge is 2.42. The molecular formula is C14H20N4O3S. The normalized spacial score (nSPS) is 26.1. The summed E-state index contributed by atoms with van der Waals surface area (Å²) in [6, 6.07) is 0.238. The van der Waals surface area contributed by atoms with Gasteiger partial charge < -0.3 is 15.0 Å². The Balaban J connectivity index is 1.65. The van der Waals surface area contributed by atoms with Crippen molar-refractivity contribution in [2.24, 2.45) is 0 Å². The van der Waals surface area contributed by atoms with Gasteiger partial charge in [-0.15, -0.1) is 5.10 Å². The maximum Gasteiger partial charge on any atom is 0.275 e. The van der Waals surface area contributed by atoms with Crippen LogP contribution in [-0.4, -0.2) is 57.6 Å². The first-order chi connectivity index (χ1) is 10.6. The number of carbonyl (C=O) groups is 2. The highest BCUT2D eigenvalue weighted by Crippen LogP contribution is 2.23. The van der Waals surface area contributed by atoms with Crippen molar-refractivity contribution in [3.8, 4) is 0 Å². The molecule has 22 heavy (non-hydrogen) atoms. The first-order valence-corrected chi connectivity index (χ1v) is 8.43. The highest BCUT2D eigenvalue weighted by molar-refractivity contribution is 7.03. The Kier molecular flexibility index (Phi) is 4.39. The standard InChI is InChI=1S/C14H20N4O3S/c1-14(13(20)15-10-4-2-3-5-10)9-18(6-7-21-14)12(19)11-8-22-17-16-11/h8,10H,2-7,9H2,1H3,(H,15,20)/t14-/m1/s1. The number of aromatic nitrogens is 2. The molecule has 2 aliphatic rings. The first-order valence-electron chi connectivity index (χ1n) is 7.60. The summed E-state index contributed by atoms with van der Waals surface area (Å²) < 4.78 is 9.41. The molecule has 2 amide bonds. The van der Waals surface area contributed by atoms with Crippen LogP contribution in [0.5, 0.6) is 0 Å². The second-order valence-corrected chi connectivity index (χ2v) is 6.66. The maximum atomic E-state index is 12.5. The molecular weight excluding hydrogens is 304 g/mol. The molecule has 1 N–H and O–H groups in total. The van der Waals surface area contributed by atoms with Gasteiger partial charge in [0.15, 0.2) is 11.3 Å². The Labute approximate surface area is 133 Å². The van der Waals surface area contributed by atoms with Gasteiger partial charge in [0.1, 0.15) is 0 Å². The predicted molar refractivity (Wildman–Crippen MR) is 80.6 cm³/mol. The zero-order chi connectivity index (χ0) is 15.6. The van der Waals surface area contributed by atoms with E-state index in [1.165, 1.54) is 0 Å². The fourth-order valence-corrected chi connectivity index (χ4v) is 3.44. The predicted octanol–water partition coefficient (Wildman–Crippen LogP) is 0.828. The quantitative estimate of drug-likeness (QED) is 0.890. The van der Waals surface area contributed by atoms with E-state index >= 15 is 0 Å². The van der Waals surface area contributed by atoms with Gasteiger partial charge in [-0.25, -0.2) is 0 Å². The van der Waals surface area contributed by atoms with Crippen LogP contribution < -0.4 is 5.32 Å². The maximum absolute atomic E-state index is 12.5. The van der Waals surface area contributed by atoms with E-state index in [0.717, 1.165) is 37.2 Å². The van der Waals surface area contributed by atoms with Crippen molar-refractivity contribution in [1.29, 1.82) is 0 Å². The third-order valence-corrected chi connectivity index (χ3v) is 4.82. The number of carbonyl (C=O) groups excluding carboxylic acids is 2. The van der Waals surface area contributed by atoms with Crippen molar-refractivity contribution in [3.05, 3.63) is 11.1 Å². The molecule has 1 aliphatic heterocycles. The Morgan fingerprint density at radius 3 is 2.91 bits per heavy atom. The Bertz CT molecular complexity index is 544. The molecule has 2 heterocycles. The van der Waals surface area contributed by atoms with Gasteiger partial charge in [-0.3, -0.25) is 9.59 Å². The van der Waals surface area contributed by atoms with Crippen molar-refractivity contribution >= 4 is 23.3 Å². The van der Waals surface area contributed by atoms with Gasteiger partial charge in [0.25, 0.3) is 11.8 Å². The summed E-state index contributed by atoms with van der Waals surface area (Å²) in [6.45, 7) is 2.79. The van der Waals surface area contributed by atoms with E-state index < -0.39 is 5.60 Å². The Morgan fingerprint density at radius 2 is 2.23 bits per heavy atom. The van der Waals surface area contributed by atoms with E-state index in [9.17, 15) is 9.59 Å². The minimum Gasteiger partial charge on any atom is -0.362 e. The second-order valence-electron chi connectivity index (χ2n) is 6.05. The van der Waals surface area contributed by atoms with E-state index in [0.29, 0.717) is 18.8 Å². The summed E-state index contributed by atoms with van der Waals surface area (Å²) in [5.41, 5.74) is -0.676. The van der Waals surface area contributed by atoms with E-state index in [1.54, 1.807) is 17.2 Å². The Hall–Kier alpha value is -1.54. The van der Waals surface area contributed by atoms with Gasteiger partial charge in [0.2, 0.25) is 0 Å². The molecule has 0 bridgehead atoms. The summed E-state index contributed by atoms with van der Waals surface area (Å²) in [6.07, 6.45) is 4.36. The van der Waals surface area contributed by atoms with E-state index in [2.05, 4.69) is 14.9 Å². The number of morpholine rings is 1. The molecule has 1 aromatic heterocycles. The van der Waals surface area contributed by atoms with E-state index in [-0.39, 0.29) is 24.4 Å². The van der Waals surface area contributed by atoms with Crippen LogP contribution in [0.25, 0.3) is 0 Å². The largest absolute Gasteiger partial charge is 0.362 e. The monoisotopic (exact) mass is 324 g/mol. The molecule has 0 spiro atoms. The lowest BCUT2D eigenvalue weighted by Crippen LogP contribution is -2.60. The van der Waals surface area contributed by atoms with Crippen LogP contribution >= 0.6 is 11.5 Å². The molecule has 120 valence electrons. The third-order valence-electron chi connectivity index (χ3n) is 4.31. The summed E-state index contributed by atoms with van der Waals surface area (Å²) in [5, 5.41) is 8.48. The average Bonchev–Trinajstić information content (AvgIpc) is 3.19. The molecule has 2 fully saturated rings. The fourth-order valence-electron chi connectivity index (χ4n) is 3.01.